The van der Waals surface area contributed by atoms with Gasteiger partial charge in [-0.15, -0.1) is 6.42 Å². The molecule has 0 spiro atoms. The molecule has 0 unspecified atom stereocenters. The van der Waals surface area contributed by atoms with Gasteiger partial charge in [0.15, 0.2) is 5.82 Å². The van der Waals surface area contributed by atoms with Crippen LogP contribution in [-0.2, 0) is 0 Å². The quantitative estimate of drug-likeness (QED) is 0.471. The van der Waals surface area contributed by atoms with Crippen molar-refractivity contribution in [2.75, 3.05) is 37.6 Å². The second kappa shape index (κ2) is 5.67. The number of non-ortho nitro benzene ring substituents is 1. The molecule has 0 atom stereocenters. The van der Waals surface area contributed by atoms with Crippen LogP contribution in [0.5, 0.6) is 0 Å². The second-order valence-electron chi connectivity index (χ2n) is 4.36. The van der Waals surface area contributed by atoms with Crippen molar-refractivity contribution in [3.8, 4) is 12.3 Å². The Morgan fingerprint density at radius 1 is 1.37 bits per heavy atom. The number of nitro groups is 1. The van der Waals surface area contributed by atoms with Crippen LogP contribution < -0.4 is 4.90 Å². The normalized spacial score (nSPS) is 16.1. The van der Waals surface area contributed by atoms with Crippen LogP contribution in [0.25, 0.3) is 0 Å². The van der Waals surface area contributed by atoms with Gasteiger partial charge in [-0.25, -0.2) is 4.39 Å². The summed E-state index contributed by atoms with van der Waals surface area (Å²) in [7, 11) is 0. The fraction of sp³-hybridized carbons (Fsp3) is 0.385. The summed E-state index contributed by atoms with van der Waals surface area (Å²) < 4.78 is 13.8. The van der Waals surface area contributed by atoms with E-state index in [1.54, 1.807) is 0 Å². The Balaban J connectivity index is 2.08. The molecule has 0 amide bonds. The summed E-state index contributed by atoms with van der Waals surface area (Å²) in [5.41, 5.74) is 0.179. The first-order valence-electron chi connectivity index (χ1n) is 5.96. The molecule has 1 saturated heterocycles. The molecular weight excluding hydrogens is 249 g/mol. The summed E-state index contributed by atoms with van der Waals surface area (Å²) in [6.07, 6.45) is 5.25. The van der Waals surface area contributed by atoms with Crippen molar-refractivity contribution in [3.63, 3.8) is 0 Å². The number of nitrogens with zero attached hydrogens (tertiary/aromatic N) is 3. The third kappa shape index (κ3) is 3.01. The highest BCUT2D eigenvalue weighted by Crippen LogP contribution is 2.24. The molecule has 1 heterocycles. The van der Waals surface area contributed by atoms with Crippen LogP contribution in [0.3, 0.4) is 0 Å². The van der Waals surface area contributed by atoms with E-state index in [9.17, 15) is 14.5 Å². The molecule has 100 valence electrons. The van der Waals surface area contributed by atoms with Gasteiger partial charge in [0.2, 0.25) is 0 Å². The molecule has 1 aliphatic heterocycles. The molecular formula is C13H14FN3O2. The largest absolute Gasteiger partial charge is 0.367 e. The summed E-state index contributed by atoms with van der Waals surface area (Å²) in [5, 5.41) is 10.6. The number of terminal acetylenes is 1. The Hall–Kier alpha value is -2.13. The topological polar surface area (TPSA) is 49.6 Å². The molecule has 0 radical (unpaired) electrons. The van der Waals surface area contributed by atoms with Crippen LogP contribution in [-0.4, -0.2) is 42.5 Å². The maximum atomic E-state index is 13.8. The number of rotatable bonds is 3. The Morgan fingerprint density at radius 3 is 2.58 bits per heavy atom. The van der Waals surface area contributed by atoms with E-state index in [1.807, 2.05) is 4.90 Å². The predicted octanol–water partition coefficient (Wildman–Crippen LogP) is 1.49. The Kier molecular flexibility index (Phi) is 3.97. The summed E-state index contributed by atoms with van der Waals surface area (Å²) in [4.78, 5) is 13.9. The Bertz CT molecular complexity index is 519. The van der Waals surface area contributed by atoms with Crippen molar-refractivity contribution < 1.29 is 9.31 Å². The number of hydrogen-bond acceptors (Lipinski definition) is 4. The fourth-order valence-electron chi connectivity index (χ4n) is 2.14. The van der Waals surface area contributed by atoms with Gasteiger partial charge in [0.25, 0.3) is 5.69 Å². The molecule has 2 rings (SSSR count). The van der Waals surface area contributed by atoms with Crippen molar-refractivity contribution in [3.05, 3.63) is 34.1 Å². The van der Waals surface area contributed by atoms with Gasteiger partial charge in [-0.05, 0) is 6.07 Å². The highest BCUT2D eigenvalue weighted by Gasteiger charge is 2.20. The zero-order valence-corrected chi connectivity index (χ0v) is 10.4. The number of hydrogen-bond donors (Lipinski definition) is 0. The number of nitro benzene ring substituents is 1. The molecule has 0 saturated carbocycles. The van der Waals surface area contributed by atoms with E-state index in [1.165, 1.54) is 12.1 Å². The van der Waals surface area contributed by atoms with Crippen molar-refractivity contribution in [2.24, 2.45) is 0 Å². The van der Waals surface area contributed by atoms with Gasteiger partial charge in [0, 0.05) is 32.2 Å². The van der Waals surface area contributed by atoms with Gasteiger partial charge in [-0.2, -0.15) is 0 Å². The van der Waals surface area contributed by atoms with Gasteiger partial charge < -0.3 is 4.90 Å². The van der Waals surface area contributed by atoms with Gasteiger partial charge in [0.05, 0.1) is 23.2 Å². The fourth-order valence-corrected chi connectivity index (χ4v) is 2.14. The third-order valence-corrected chi connectivity index (χ3v) is 3.17. The molecule has 1 aromatic rings. The van der Waals surface area contributed by atoms with E-state index >= 15 is 0 Å². The van der Waals surface area contributed by atoms with Crippen molar-refractivity contribution >= 4 is 11.4 Å². The Morgan fingerprint density at radius 2 is 2.05 bits per heavy atom. The third-order valence-electron chi connectivity index (χ3n) is 3.17. The zero-order chi connectivity index (χ0) is 13.8. The summed E-state index contributed by atoms with van der Waals surface area (Å²) in [6.45, 7) is 3.45. The van der Waals surface area contributed by atoms with Crippen LogP contribution in [0.2, 0.25) is 0 Å². The molecule has 0 bridgehead atoms. The molecule has 0 aliphatic carbocycles. The van der Waals surface area contributed by atoms with Gasteiger partial charge in [-0.3, -0.25) is 15.0 Å². The minimum absolute atomic E-state index is 0.229. The number of anilines is 1. The van der Waals surface area contributed by atoms with E-state index in [2.05, 4.69) is 10.8 Å². The first-order valence-corrected chi connectivity index (χ1v) is 5.96. The lowest BCUT2D eigenvalue weighted by Crippen LogP contribution is -2.46. The molecule has 5 nitrogen and oxygen atoms in total. The molecule has 6 heteroatoms. The summed E-state index contributed by atoms with van der Waals surface area (Å²) in [5.74, 6) is 2.03. The van der Waals surface area contributed by atoms with Gasteiger partial charge in [0.1, 0.15) is 0 Å². The molecule has 0 N–H and O–H groups in total. The standard InChI is InChI=1S/C13H14FN3O2/c1-2-5-15-6-8-16(9-7-15)13-4-3-11(17(18)19)10-12(13)14/h1,3-4,10H,5-9H2. The van der Waals surface area contributed by atoms with E-state index in [0.717, 1.165) is 19.2 Å². The average Bonchev–Trinajstić information content (AvgIpc) is 2.40. The second-order valence-corrected chi connectivity index (χ2v) is 4.36. The Labute approximate surface area is 110 Å². The number of benzene rings is 1. The molecule has 0 aromatic heterocycles. The molecule has 1 aliphatic rings. The lowest BCUT2D eigenvalue weighted by Gasteiger charge is -2.35. The SMILES string of the molecule is C#CCN1CCN(c2ccc([N+](=O)[O-])cc2F)CC1. The predicted molar refractivity (Wildman–Crippen MR) is 70.5 cm³/mol. The van der Waals surface area contributed by atoms with Crippen LogP contribution >= 0.6 is 0 Å². The maximum absolute atomic E-state index is 13.8. The molecule has 1 aromatic carbocycles. The number of halogens is 1. The first kappa shape index (κ1) is 13.3. The van der Waals surface area contributed by atoms with Crippen molar-refractivity contribution in [2.45, 2.75) is 0 Å². The zero-order valence-electron chi connectivity index (χ0n) is 10.4. The van der Waals surface area contributed by atoms with Gasteiger partial charge in [-0.1, -0.05) is 5.92 Å². The minimum atomic E-state index is -0.599. The van der Waals surface area contributed by atoms with Crippen molar-refractivity contribution in [1.82, 2.24) is 4.90 Å². The highest BCUT2D eigenvalue weighted by atomic mass is 19.1. The smallest absolute Gasteiger partial charge is 0.272 e. The van der Waals surface area contributed by atoms with E-state index < -0.39 is 10.7 Å². The first-order chi connectivity index (χ1) is 9.11. The lowest BCUT2D eigenvalue weighted by atomic mass is 10.2. The van der Waals surface area contributed by atoms with E-state index in [0.29, 0.717) is 25.3 Å². The monoisotopic (exact) mass is 263 g/mol. The summed E-state index contributed by atoms with van der Waals surface area (Å²) >= 11 is 0. The van der Waals surface area contributed by atoms with Crippen LogP contribution in [0.15, 0.2) is 18.2 Å². The molecule has 1 fully saturated rings. The average molecular weight is 263 g/mol. The van der Waals surface area contributed by atoms with E-state index in [4.69, 9.17) is 6.42 Å². The van der Waals surface area contributed by atoms with Crippen LogP contribution in [0.1, 0.15) is 0 Å². The number of piperazine rings is 1. The lowest BCUT2D eigenvalue weighted by molar-refractivity contribution is -0.385. The van der Waals surface area contributed by atoms with Crippen LogP contribution in [0.4, 0.5) is 15.8 Å². The van der Waals surface area contributed by atoms with Gasteiger partial charge >= 0.3 is 0 Å². The van der Waals surface area contributed by atoms with Crippen LogP contribution in [0, 0.1) is 28.3 Å². The van der Waals surface area contributed by atoms with E-state index in [-0.39, 0.29) is 5.69 Å². The van der Waals surface area contributed by atoms with Crippen molar-refractivity contribution in [1.29, 1.82) is 0 Å². The molecule has 19 heavy (non-hydrogen) atoms. The minimum Gasteiger partial charge on any atom is -0.367 e. The maximum Gasteiger partial charge on any atom is 0.272 e. The highest BCUT2D eigenvalue weighted by molar-refractivity contribution is 5.52. The summed E-state index contributed by atoms with van der Waals surface area (Å²) in [6, 6.07) is 3.75.